The Balaban J connectivity index is 1.90. The van der Waals surface area contributed by atoms with Gasteiger partial charge in [0.15, 0.2) is 6.10 Å². The van der Waals surface area contributed by atoms with Crippen LogP contribution in [0.5, 0.6) is 5.75 Å². The number of rotatable bonds is 5. The number of carboxylic acids is 1. The molecule has 2 aromatic rings. The highest BCUT2D eigenvalue weighted by atomic mass is 16.5. The number of nitrogens with one attached hydrogen (secondary N) is 1. The summed E-state index contributed by atoms with van der Waals surface area (Å²) in [5, 5.41) is 13.5. The molecule has 1 aromatic heterocycles. The lowest BCUT2D eigenvalue weighted by molar-refractivity contribution is -0.304. The van der Waals surface area contributed by atoms with Crippen LogP contribution in [0, 0.1) is 6.92 Å². The van der Waals surface area contributed by atoms with Crippen molar-refractivity contribution in [2.45, 2.75) is 39.2 Å². The van der Waals surface area contributed by atoms with Crippen LogP contribution in [0.3, 0.4) is 0 Å². The van der Waals surface area contributed by atoms with E-state index in [1.165, 1.54) is 6.92 Å². The summed E-state index contributed by atoms with van der Waals surface area (Å²) in [7, 11) is 0. The van der Waals surface area contributed by atoms with E-state index in [0.717, 1.165) is 35.8 Å². The van der Waals surface area contributed by atoms with Crippen molar-refractivity contribution in [2.24, 2.45) is 0 Å². The number of carbonyl (C=O) groups excluding carboxylic acids is 2. The van der Waals surface area contributed by atoms with Gasteiger partial charge in [-0.3, -0.25) is 4.79 Å². The third kappa shape index (κ3) is 3.22. The predicted octanol–water partition coefficient (Wildman–Crippen LogP) is 0.224. The second-order valence-corrected chi connectivity index (χ2v) is 6.12. The molecule has 0 radical (unpaired) electrons. The number of carbonyl (C=O) groups is 2. The number of amides is 1. The van der Waals surface area contributed by atoms with E-state index in [2.05, 4.69) is 5.32 Å². The van der Waals surface area contributed by atoms with Gasteiger partial charge in [0.05, 0.1) is 12.5 Å². The van der Waals surface area contributed by atoms with Gasteiger partial charge in [0, 0.05) is 16.5 Å². The van der Waals surface area contributed by atoms with Crippen LogP contribution in [-0.4, -0.2) is 24.5 Å². The number of ether oxygens (including phenoxy) is 1. The first-order valence-corrected chi connectivity index (χ1v) is 8.11. The molecule has 132 valence electrons. The second kappa shape index (κ2) is 6.58. The summed E-state index contributed by atoms with van der Waals surface area (Å²) < 4.78 is 11.1. The summed E-state index contributed by atoms with van der Waals surface area (Å²) in [6, 6.07) is 3.56. The molecule has 0 spiro atoms. The molecule has 0 bridgehead atoms. The molecule has 0 saturated heterocycles. The summed E-state index contributed by atoms with van der Waals surface area (Å²) in [6.45, 7) is 2.69. The van der Waals surface area contributed by atoms with Gasteiger partial charge in [-0.05, 0) is 50.8 Å². The topological polar surface area (TPSA) is 109 Å². The first kappa shape index (κ1) is 17.0. The predicted molar refractivity (Wildman–Crippen MR) is 87.4 cm³/mol. The van der Waals surface area contributed by atoms with E-state index < -0.39 is 24.5 Å². The van der Waals surface area contributed by atoms with Gasteiger partial charge < -0.3 is 24.4 Å². The number of carboxylic acid groups (broad SMARTS) is 1. The average molecular weight is 344 g/mol. The third-order valence-corrected chi connectivity index (χ3v) is 4.42. The van der Waals surface area contributed by atoms with E-state index in [9.17, 15) is 19.5 Å². The van der Waals surface area contributed by atoms with E-state index >= 15 is 0 Å². The van der Waals surface area contributed by atoms with Crippen molar-refractivity contribution in [3.8, 4) is 5.75 Å². The Morgan fingerprint density at radius 3 is 2.76 bits per heavy atom. The average Bonchev–Trinajstić information content (AvgIpc) is 3.06. The fourth-order valence-electron chi connectivity index (χ4n) is 3.14. The molecule has 0 unspecified atom stereocenters. The molecular formula is C18H18NO6-. The normalized spacial score (nSPS) is 14.2. The van der Waals surface area contributed by atoms with E-state index in [0.29, 0.717) is 16.9 Å². The van der Waals surface area contributed by atoms with Gasteiger partial charge in [0.1, 0.15) is 11.3 Å². The van der Waals surface area contributed by atoms with Gasteiger partial charge in [-0.25, -0.2) is 4.79 Å². The highest BCUT2D eigenvalue weighted by Gasteiger charge is 2.22. The highest BCUT2D eigenvalue weighted by molar-refractivity contribution is 5.87. The Kier molecular flexibility index (Phi) is 4.48. The maximum absolute atomic E-state index is 12.1. The zero-order valence-electron chi connectivity index (χ0n) is 14.0. The molecule has 1 aliphatic rings. The van der Waals surface area contributed by atoms with Crippen molar-refractivity contribution in [3.63, 3.8) is 0 Å². The zero-order chi connectivity index (χ0) is 18.1. The summed E-state index contributed by atoms with van der Waals surface area (Å²) >= 11 is 0. The quantitative estimate of drug-likeness (QED) is 0.778. The Morgan fingerprint density at radius 1 is 1.32 bits per heavy atom. The number of fused-ring (bicyclic) bond motifs is 3. The van der Waals surface area contributed by atoms with Gasteiger partial charge in [0.2, 0.25) is 0 Å². The monoisotopic (exact) mass is 344 g/mol. The lowest BCUT2D eigenvalue weighted by Gasteiger charge is -2.17. The highest BCUT2D eigenvalue weighted by Crippen LogP contribution is 2.33. The molecule has 1 heterocycles. The molecule has 25 heavy (non-hydrogen) atoms. The van der Waals surface area contributed by atoms with Gasteiger partial charge in [-0.15, -0.1) is 0 Å². The number of hydrogen-bond donors (Lipinski definition) is 1. The number of benzene rings is 1. The summed E-state index contributed by atoms with van der Waals surface area (Å²) in [4.78, 5) is 34.4. The number of aliphatic carboxylic acids is 1. The van der Waals surface area contributed by atoms with Gasteiger partial charge in [-0.2, -0.15) is 0 Å². The smallest absolute Gasteiger partial charge is 0.339 e. The molecule has 7 nitrogen and oxygen atoms in total. The Labute approximate surface area is 143 Å². The van der Waals surface area contributed by atoms with Crippen LogP contribution in [0.25, 0.3) is 11.0 Å². The maximum atomic E-state index is 12.1. The minimum Gasteiger partial charge on any atom is -0.548 e. The van der Waals surface area contributed by atoms with Crippen LogP contribution in [0.1, 0.15) is 30.0 Å². The fourth-order valence-corrected chi connectivity index (χ4v) is 3.14. The molecule has 7 heteroatoms. The van der Waals surface area contributed by atoms with Crippen molar-refractivity contribution in [1.29, 1.82) is 0 Å². The molecule has 1 N–H and O–H groups in total. The lowest BCUT2D eigenvalue weighted by atomic mass is 10.0. The van der Waals surface area contributed by atoms with Crippen LogP contribution in [0.15, 0.2) is 21.3 Å². The van der Waals surface area contributed by atoms with Crippen LogP contribution in [0.4, 0.5) is 0 Å². The van der Waals surface area contributed by atoms with Crippen LogP contribution >= 0.6 is 0 Å². The van der Waals surface area contributed by atoms with Crippen molar-refractivity contribution >= 4 is 22.8 Å². The second-order valence-electron chi connectivity index (χ2n) is 6.12. The van der Waals surface area contributed by atoms with E-state index in [1.54, 1.807) is 13.0 Å². The summed E-state index contributed by atoms with van der Waals surface area (Å²) in [6.07, 6.45) is 1.61. The molecule has 1 aromatic carbocycles. The molecule has 0 aliphatic heterocycles. The van der Waals surface area contributed by atoms with Crippen molar-refractivity contribution < 1.29 is 23.8 Å². The SMILES string of the molecule is Cc1c(O[C@H](C)C(=O)NCC(=O)[O-])ccc2c3c(c(=O)oc12)CCC3. The van der Waals surface area contributed by atoms with Crippen molar-refractivity contribution in [2.75, 3.05) is 6.54 Å². The maximum Gasteiger partial charge on any atom is 0.339 e. The summed E-state index contributed by atoms with van der Waals surface area (Å²) in [5.74, 6) is -1.54. The Bertz CT molecular complexity index is 914. The first-order chi connectivity index (χ1) is 11.9. The van der Waals surface area contributed by atoms with Gasteiger partial charge in [0.25, 0.3) is 5.91 Å². The van der Waals surface area contributed by atoms with Gasteiger partial charge in [-0.1, -0.05) is 0 Å². The molecule has 0 saturated carbocycles. The molecule has 1 aliphatic carbocycles. The fraction of sp³-hybridized carbons (Fsp3) is 0.389. The minimum absolute atomic E-state index is 0.319. The lowest BCUT2D eigenvalue weighted by Crippen LogP contribution is -2.43. The van der Waals surface area contributed by atoms with Crippen molar-refractivity contribution in [1.82, 2.24) is 5.32 Å². The first-order valence-electron chi connectivity index (χ1n) is 8.11. The molecule has 3 rings (SSSR count). The standard InChI is InChI=1S/C18H19NO6/c1-9-14(24-10(2)17(22)19-8-15(20)21)7-6-12-11-4-3-5-13(11)18(23)25-16(9)12/h6-7,10H,3-5,8H2,1-2H3,(H,19,22)(H,20,21)/p-1/t10-/m1/s1. The summed E-state index contributed by atoms with van der Waals surface area (Å²) in [5.41, 5.74) is 2.55. The Morgan fingerprint density at radius 2 is 2.04 bits per heavy atom. The largest absolute Gasteiger partial charge is 0.548 e. The Hall–Kier alpha value is -2.83. The molecular weight excluding hydrogens is 326 g/mol. The van der Waals surface area contributed by atoms with Crippen LogP contribution < -0.4 is 20.8 Å². The number of hydrogen-bond acceptors (Lipinski definition) is 6. The number of aryl methyl sites for hydroxylation is 2. The minimum atomic E-state index is -1.38. The van der Waals surface area contributed by atoms with Crippen molar-refractivity contribution in [3.05, 3.63) is 39.2 Å². The third-order valence-electron chi connectivity index (χ3n) is 4.42. The molecule has 1 amide bonds. The van der Waals surface area contributed by atoms with Crippen LogP contribution in [-0.2, 0) is 22.4 Å². The molecule has 0 fully saturated rings. The van der Waals surface area contributed by atoms with E-state index in [1.807, 2.05) is 6.07 Å². The van der Waals surface area contributed by atoms with Gasteiger partial charge >= 0.3 is 5.63 Å². The van der Waals surface area contributed by atoms with E-state index in [4.69, 9.17) is 9.15 Å². The van der Waals surface area contributed by atoms with Crippen LogP contribution in [0.2, 0.25) is 0 Å². The van der Waals surface area contributed by atoms with E-state index in [-0.39, 0.29) is 5.63 Å². The molecule has 1 atom stereocenters. The zero-order valence-corrected chi connectivity index (χ0v) is 14.0.